The minimum atomic E-state index is -2.50. The summed E-state index contributed by atoms with van der Waals surface area (Å²) >= 11 is 0.811. The third-order valence-corrected chi connectivity index (χ3v) is 4.96. The van der Waals surface area contributed by atoms with Crippen molar-refractivity contribution in [2.75, 3.05) is 13.7 Å². The molecule has 0 bridgehead atoms. The number of ether oxygens (including phenoxy) is 2. The lowest BCUT2D eigenvalue weighted by atomic mass is 10.2. The van der Waals surface area contributed by atoms with Crippen molar-refractivity contribution in [1.29, 1.82) is 0 Å². The van der Waals surface area contributed by atoms with Crippen molar-refractivity contribution in [3.05, 3.63) is 45.4 Å². The van der Waals surface area contributed by atoms with Gasteiger partial charge in [-0.3, -0.25) is 4.21 Å². The van der Waals surface area contributed by atoms with Crippen LogP contribution in [0.1, 0.15) is 28.2 Å². The number of carbonyl (C=O) groups is 1. The molecule has 2 aromatic rings. The first-order chi connectivity index (χ1) is 11.8. The number of hydrogen-bond acceptors (Lipinski definition) is 6. The number of benzene rings is 1. The van der Waals surface area contributed by atoms with E-state index in [4.69, 9.17) is 4.74 Å². The van der Waals surface area contributed by atoms with Crippen molar-refractivity contribution in [3.8, 4) is 5.75 Å². The molecule has 0 saturated carbocycles. The highest BCUT2D eigenvalue weighted by Gasteiger charge is 2.16. The van der Waals surface area contributed by atoms with E-state index in [2.05, 4.69) is 25.8 Å². The summed E-state index contributed by atoms with van der Waals surface area (Å²) in [6.45, 7) is 1.88. The predicted molar refractivity (Wildman–Crippen MR) is 90.5 cm³/mol. The van der Waals surface area contributed by atoms with Crippen LogP contribution in [0.2, 0.25) is 0 Å². The molecule has 0 radical (unpaired) electrons. The Labute approximate surface area is 154 Å². The molecule has 2 rings (SSSR count). The second-order valence-corrected chi connectivity index (χ2v) is 6.59. The van der Waals surface area contributed by atoms with Gasteiger partial charge in [-0.05, 0) is 53.9 Å². The molecule has 0 fully saturated rings. The minimum absolute atomic E-state index is 0.00905. The lowest BCUT2D eigenvalue weighted by molar-refractivity contribution is 0.0595. The maximum absolute atomic E-state index is 13.3. The number of aromatic nitrogens is 2. The number of aryl methyl sites for hydroxylation is 1. The van der Waals surface area contributed by atoms with Crippen molar-refractivity contribution < 1.29 is 27.4 Å². The van der Waals surface area contributed by atoms with Crippen molar-refractivity contribution in [1.82, 2.24) is 9.19 Å². The second kappa shape index (κ2) is 8.54. The standard InChI is InChI=1S/C15H16BrFN2O5S/c1-9-14(16)12(19(18-9)25(21)22)4-3-7-24-13-6-5-10(17)8-11(13)15(20)23-2/h5-6,8H,3-4,7H2,1-2H3,(H,21,22)/p-1. The number of rotatable bonds is 7. The quantitative estimate of drug-likeness (QED) is 0.378. The molecule has 1 heterocycles. The average Bonchev–Trinajstić information content (AvgIpc) is 2.87. The molecule has 0 aliphatic carbocycles. The maximum Gasteiger partial charge on any atom is 0.341 e. The van der Waals surface area contributed by atoms with Gasteiger partial charge in [0.2, 0.25) is 0 Å². The SMILES string of the molecule is COC(=O)c1cc(F)ccc1OCCCc1c(Br)c(C)nn1S(=O)[O-]. The molecule has 7 nitrogen and oxygen atoms in total. The second-order valence-electron chi connectivity index (χ2n) is 5.02. The summed E-state index contributed by atoms with van der Waals surface area (Å²) in [6.07, 6.45) is 0.836. The Hall–Kier alpha value is -1.78. The lowest BCUT2D eigenvalue weighted by Crippen LogP contribution is -2.11. The number of halogens is 2. The molecule has 0 N–H and O–H groups in total. The van der Waals surface area contributed by atoms with E-state index in [0.29, 0.717) is 28.7 Å². The van der Waals surface area contributed by atoms with Crippen LogP contribution in [-0.2, 0) is 22.4 Å². The average molecular weight is 434 g/mol. The zero-order valence-corrected chi connectivity index (χ0v) is 15.9. The van der Waals surface area contributed by atoms with Crippen LogP contribution in [0.3, 0.4) is 0 Å². The lowest BCUT2D eigenvalue weighted by Gasteiger charge is -2.12. The molecule has 0 saturated heterocycles. The van der Waals surface area contributed by atoms with Gasteiger partial charge in [0, 0.05) is 0 Å². The van der Waals surface area contributed by atoms with E-state index in [0.717, 1.165) is 10.2 Å². The zero-order chi connectivity index (χ0) is 18.6. The minimum Gasteiger partial charge on any atom is -0.754 e. The molecule has 136 valence electrons. The van der Waals surface area contributed by atoms with Gasteiger partial charge in [-0.25, -0.2) is 9.18 Å². The molecule has 10 heteroatoms. The van der Waals surface area contributed by atoms with Gasteiger partial charge in [-0.1, -0.05) is 0 Å². The summed E-state index contributed by atoms with van der Waals surface area (Å²) in [5.41, 5.74) is 1.05. The molecule has 1 unspecified atom stereocenters. The number of hydrogen-bond donors (Lipinski definition) is 0. The fraction of sp³-hybridized carbons (Fsp3) is 0.333. The van der Waals surface area contributed by atoms with Crippen LogP contribution < -0.4 is 4.74 Å². The van der Waals surface area contributed by atoms with E-state index in [9.17, 15) is 17.9 Å². The first kappa shape index (κ1) is 19.5. The van der Waals surface area contributed by atoms with E-state index in [1.807, 2.05) is 0 Å². The zero-order valence-electron chi connectivity index (χ0n) is 13.5. The summed E-state index contributed by atoms with van der Waals surface area (Å²) in [7, 11) is 1.20. The summed E-state index contributed by atoms with van der Waals surface area (Å²) in [4.78, 5) is 11.7. The van der Waals surface area contributed by atoms with Crippen molar-refractivity contribution in [2.24, 2.45) is 0 Å². The summed E-state index contributed by atoms with van der Waals surface area (Å²) in [5.74, 6) is -1.08. The van der Waals surface area contributed by atoms with Gasteiger partial charge in [0.1, 0.15) is 17.1 Å². The molecule has 25 heavy (non-hydrogen) atoms. The molecule has 1 aromatic heterocycles. The van der Waals surface area contributed by atoms with E-state index < -0.39 is 23.1 Å². The van der Waals surface area contributed by atoms with Crippen LogP contribution in [0.25, 0.3) is 0 Å². The van der Waals surface area contributed by atoms with Crippen LogP contribution in [0.5, 0.6) is 5.75 Å². The monoisotopic (exact) mass is 433 g/mol. The number of esters is 1. The van der Waals surface area contributed by atoms with E-state index in [-0.39, 0.29) is 17.9 Å². The third kappa shape index (κ3) is 4.65. The topological polar surface area (TPSA) is 93.5 Å². The molecule has 0 spiro atoms. The fourth-order valence-electron chi connectivity index (χ4n) is 2.18. The first-order valence-electron chi connectivity index (χ1n) is 7.19. The molecule has 0 amide bonds. The predicted octanol–water partition coefficient (Wildman–Crippen LogP) is 2.53. The van der Waals surface area contributed by atoms with Crippen LogP contribution in [-0.4, -0.2) is 37.6 Å². The molecule has 0 aliphatic heterocycles. The largest absolute Gasteiger partial charge is 0.754 e. The van der Waals surface area contributed by atoms with Crippen molar-refractivity contribution in [2.45, 2.75) is 19.8 Å². The van der Waals surface area contributed by atoms with Gasteiger partial charge in [0.05, 0.1) is 40.8 Å². The molecular formula is C15H15BrFN2O5S-. The van der Waals surface area contributed by atoms with Gasteiger partial charge in [0.25, 0.3) is 0 Å². The highest BCUT2D eigenvalue weighted by atomic mass is 79.9. The summed E-state index contributed by atoms with van der Waals surface area (Å²) in [6, 6.07) is 3.56. The Morgan fingerprint density at radius 2 is 2.20 bits per heavy atom. The Balaban J connectivity index is 2.03. The normalized spacial score (nSPS) is 12.0. The van der Waals surface area contributed by atoms with Crippen LogP contribution >= 0.6 is 15.9 Å². The van der Waals surface area contributed by atoms with E-state index in [1.165, 1.54) is 19.2 Å². The van der Waals surface area contributed by atoms with Gasteiger partial charge < -0.3 is 14.0 Å². The Morgan fingerprint density at radius 1 is 1.48 bits per heavy atom. The Bertz CT molecular complexity index is 811. The number of nitrogens with zero attached hydrogens (tertiary/aromatic N) is 2. The van der Waals surface area contributed by atoms with Gasteiger partial charge >= 0.3 is 5.97 Å². The molecular weight excluding hydrogens is 419 g/mol. The summed E-state index contributed by atoms with van der Waals surface area (Å²) < 4.78 is 47.3. The highest BCUT2D eigenvalue weighted by molar-refractivity contribution is 9.10. The van der Waals surface area contributed by atoms with Gasteiger partial charge in [-0.2, -0.15) is 9.19 Å². The molecule has 1 aromatic carbocycles. The maximum atomic E-state index is 13.3. The van der Waals surface area contributed by atoms with E-state index in [1.54, 1.807) is 6.92 Å². The van der Waals surface area contributed by atoms with Crippen molar-refractivity contribution >= 4 is 33.2 Å². The number of carbonyl (C=O) groups excluding carboxylic acids is 1. The Kier molecular flexibility index (Phi) is 6.68. The van der Waals surface area contributed by atoms with Gasteiger partial charge in [0.15, 0.2) is 0 Å². The third-order valence-electron chi connectivity index (χ3n) is 3.35. The molecule has 1 atom stereocenters. The first-order valence-corrected chi connectivity index (χ1v) is 9.02. The smallest absolute Gasteiger partial charge is 0.341 e. The fourth-order valence-corrected chi connectivity index (χ4v) is 3.30. The highest BCUT2D eigenvalue weighted by Crippen LogP contribution is 2.24. The number of methoxy groups -OCH3 is 1. The summed E-state index contributed by atoms with van der Waals surface area (Å²) in [5, 5.41) is 3.92. The van der Waals surface area contributed by atoms with E-state index >= 15 is 0 Å². The van der Waals surface area contributed by atoms with Crippen LogP contribution in [0, 0.1) is 12.7 Å². The Morgan fingerprint density at radius 3 is 2.84 bits per heavy atom. The molecule has 0 aliphatic rings. The van der Waals surface area contributed by atoms with Crippen molar-refractivity contribution in [3.63, 3.8) is 0 Å². The van der Waals surface area contributed by atoms with Crippen LogP contribution in [0.4, 0.5) is 4.39 Å². The van der Waals surface area contributed by atoms with Crippen LogP contribution in [0.15, 0.2) is 22.7 Å². The van der Waals surface area contributed by atoms with Gasteiger partial charge in [-0.15, -0.1) is 0 Å².